The molecule has 5 nitrogen and oxygen atoms in total. The molecule has 0 bridgehead atoms. The van der Waals surface area contributed by atoms with Crippen molar-refractivity contribution in [2.45, 2.75) is 13.3 Å². The molecule has 0 aliphatic carbocycles. The molecule has 0 aliphatic rings. The summed E-state index contributed by atoms with van der Waals surface area (Å²) in [6.07, 6.45) is 0.710. The van der Waals surface area contributed by atoms with E-state index in [4.69, 9.17) is 9.15 Å². The van der Waals surface area contributed by atoms with Gasteiger partial charge in [0.1, 0.15) is 11.3 Å². The quantitative estimate of drug-likeness (QED) is 0.414. The Balaban J connectivity index is 1.66. The van der Waals surface area contributed by atoms with Crippen molar-refractivity contribution in [2.75, 3.05) is 18.6 Å². The van der Waals surface area contributed by atoms with Crippen molar-refractivity contribution in [3.8, 4) is 16.9 Å². The number of aryl methyl sites for hydroxylation is 1. The van der Waals surface area contributed by atoms with Crippen molar-refractivity contribution >= 4 is 22.6 Å². The van der Waals surface area contributed by atoms with Gasteiger partial charge in [-0.15, -0.1) is 0 Å². The monoisotopic (exact) mass is 413 g/mol. The highest BCUT2D eigenvalue weighted by Gasteiger charge is 2.15. The zero-order chi connectivity index (χ0) is 21.8. The average Bonchev–Trinajstić information content (AvgIpc) is 2.82. The van der Waals surface area contributed by atoms with E-state index in [2.05, 4.69) is 0 Å². The van der Waals surface area contributed by atoms with Crippen molar-refractivity contribution < 1.29 is 13.9 Å². The predicted molar refractivity (Wildman–Crippen MR) is 123 cm³/mol. The first-order chi connectivity index (χ1) is 15.1. The van der Waals surface area contributed by atoms with Gasteiger partial charge in [-0.3, -0.25) is 4.79 Å². The van der Waals surface area contributed by atoms with Crippen molar-refractivity contribution in [3.63, 3.8) is 0 Å². The maximum Gasteiger partial charge on any atom is 0.336 e. The van der Waals surface area contributed by atoms with Gasteiger partial charge in [-0.1, -0.05) is 55.5 Å². The van der Waals surface area contributed by atoms with E-state index in [-0.39, 0.29) is 12.5 Å². The summed E-state index contributed by atoms with van der Waals surface area (Å²) in [6.45, 7) is 1.90. The van der Waals surface area contributed by atoms with Gasteiger partial charge >= 0.3 is 5.63 Å². The zero-order valence-corrected chi connectivity index (χ0v) is 17.5. The number of para-hydroxylation sites is 1. The molecular weight excluding hydrogens is 390 g/mol. The van der Waals surface area contributed by atoms with Gasteiger partial charge in [0.25, 0.3) is 5.91 Å². The summed E-state index contributed by atoms with van der Waals surface area (Å²) in [7, 11) is 1.72. The van der Waals surface area contributed by atoms with Crippen molar-refractivity contribution in [1.82, 2.24) is 0 Å². The van der Waals surface area contributed by atoms with Crippen LogP contribution in [0, 0.1) is 0 Å². The second-order valence-corrected chi connectivity index (χ2v) is 7.23. The molecule has 156 valence electrons. The van der Waals surface area contributed by atoms with Crippen LogP contribution >= 0.6 is 0 Å². The van der Waals surface area contributed by atoms with Crippen LogP contribution < -0.4 is 15.3 Å². The van der Waals surface area contributed by atoms with Gasteiger partial charge in [0, 0.05) is 30.3 Å². The number of hydrogen-bond acceptors (Lipinski definition) is 4. The fraction of sp³-hybridized carbons (Fsp3) is 0.154. The van der Waals surface area contributed by atoms with Crippen molar-refractivity contribution in [1.29, 1.82) is 0 Å². The minimum absolute atomic E-state index is 0.119. The Morgan fingerprint density at radius 3 is 2.32 bits per heavy atom. The number of nitrogens with zero attached hydrogens (tertiary/aromatic N) is 1. The molecule has 1 amide bonds. The zero-order valence-electron chi connectivity index (χ0n) is 17.5. The smallest absolute Gasteiger partial charge is 0.336 e. The maximum absolute atomic E-state index is 12.6. The minimum atomic E-state index is -0.429. The summed E-state index contributed by atoms with van der Waals surface area (Å²) < 4.78 is 11.3. The largest absolute Gasteiger partial charge is 0.483 e. The van der Waals surface area contributed by atoms with Gasteiger partial charge in [-0.2, -0.15) is 0 Å². The Morgan fingerprint density at radius 1 is 0.968 bits per heavy atom. The molecular formula is C26H23NO4. The molecule has 0 fully saturated rings. The number of ether oxygens (including phenoxy) is 1. The van der Waals surface area contributed by atoms with Crippen molar-refractivity contribution in [3.05, 3.63) is 94.8 Å². The number of hydrogen-bond donors (Lipinski definition) is 0. The Bertz CT molecular complexity index is 1260. The number of carbonyl (C=O) groups is 1. The Morgan fingerprint density at radius 2 is 1.65 bits per heavy atom. The van der Waals surface area contributed by atoms with E-state index in [0.717, 1.165) is 27.8 Å². The summed E-state index contributed by atoms with van der Waals surface area (Å²) in [5.74, 6) is 0.367. The first kappa shape index (κ1) is 20.4. The number of carbonyl (C=O) groups excluding carboxylic acids is 1. The Kier molecular flexibility index (Phi) is 5.85. The number of likely N-dealkylation sites (N-methyl/N-ethyl adjacent to an activating group) is 1. The molecule has 0 N–H and O–H groups in total. The highest BCUT2D eigenvalue weighted by atomic mass is 16.5. The van der Waals surface area contributed by atoms with Crippen LogP contribution in [0.1, 0.15) is 12.5 Å². The predicted octanol–water partition coefficient (Wildman–Crippen LogP) is 5.06. The highest BCUT2D eigenvalue weighted by molar-refractivity contribution is 5.95. The molecule has 0 spiro atoms. The molecule has 4 aromatic rings. The molecule has 0 unspecified atom stereocenters. The van der Waals surface area contributed by atoms with E-state index in [1.54, 1.807) is 18.0 Å². The first-order valence-corrected chi connectivity index (χ1v) is 10.2. The third kappa shape index (κ3) is 4.36. The van der Waals surface area contributed by atoms with Crippen LogP contribution in [0.3, 0.4) is 0 Å². The Hall–Kier alpha value is -3.86. The topological polar surface area (TPSA) is 59.8 Å². The van der Waals surface area contributed by atoms with Gasteiger partial charge in [0.2, 0.25) is 0 Å². The number of anilines is 1. The molecule has 0 saturated heterocycles. The second kappa shape index (κ2) is 8.88. The lowest BCUT2D eigenvalue weighted by Crippen LogP contribution is -2.31. The van der Waals surface area contributed by atoms with Gasteiger partial charge in [-0.05, 0) is 41.3 Å². The van der Waals surface area contributed by atoms with E-state index in [1.807, 2.05) is 73.7 Å². The minimum Gasteiger partial charge on any atom is -0.483 e. The molecule has 1 heterocycles. The van der Waals surface area contributed by atoms with Crippen LogP contribution in [-0.2, 0) is 11.2 Å². The lowest BCUT2D eigenvalue weighted by molar-refractivity contribution is -0.120. The summed E-state index contributed by atoms with van der Waals surface area (Å²) in [4.78, 5) is 26.3. The average molecular weight is 413 g/mol. The summed E-state index contributed by atoms with van der Waals surface area (Å²) in [5.41, 5.74) is 3.49. The fourth-order valence-electron chi connectivity index (χ4n) is 3.53. The fourth-order valence-corrected chi connectivity index (χ4v) is 3.53. The molecule has 3 aromatic carbocycles. The molecule has 0 radical (unpaired) electrons. The van der Waals surface area contributed by atoms with E-state index in [0.29, 0.717) is 17.8 Å². The number of amides is 1. The standard InChI is InChI=1S/C26H23NO4/c1-3-18-14-22-21(19-10-6-4-7-11-19)15-26(29)31-24(22)16-23(18)30-17-25(28)27(2)20-12-8-5-9-13-20/h4-16H,3,17H2,1-2H3. The van der Waals surface area contributed by atoms with Crippen LogP contribution in [0.5, 0.6) is 5.75 Å². The summed E-state index contributed by atoms with van der Waals surface area (Å²) in [5, 5.41) is 0.836. The van der Waals surface area contributed by atoms with Gasteiger partial charge in [0.15, 0.2) is 6.61 Å². The van der Waals surface area contributed by atoms with Crippen LogP contribution in [-0.4, -0.2) is 19.6 Å². The van der Waals surface area contributed by atoms with E-state index in [9.17, 15) is 9.59 Å². The maximum atomic E-state index is 12.6. The summed E-state index contributed by atoms with van der Waals surface area (Å²) in [6, 6.07) is 24.3. The number of benzene rings is 3. The first-order valence-electron chi connectivity index (χ1n) is 10.2. The lowest BCUT2D eigenvalue weighted by atomic mass is 9.99. The molecule has 5 heteroatoms. The molecule has 1 aromatic heterocycles. The van der Waals surface area contributed by atoms with Gasteiger partial charge < -0.3 is 14.1 Å². The van der Waals surface area contributed by atoms with E-state index in [1.165, 1.54) is 6.07 Å². The van der Waals surface area contributed by atoms with E-state index >= 15 is 0 Å². The molecule has 0 saturated carbocycles. The molecule has 31 heavy (non-hydrogen) atoms. The van der Waals surface area contributed by atoms with Gasteiger partial charge in [0.05, 0.1) is 0 Å². The van der Waals surface area contributed by atoms with Crippen LogP contribution in [0.15, 0.2) is 88.1 Å². The number of fused-ring (bicyclic) bond motifs is 1. The third-order valence-corrected chi connectivity index (χ3v) is 5.26. The lowest BCUT2D eigenvalue weighted by Gasteiger charge is -2.18. The SMILES string of the molecule is CCc1cc2c(-c3ccccc3)cc(=O)oc2cc1OCC(=O)N(C)c1ccccc1. The van der Waals surface area contributed by atoms with Crippen LogP contribution in [0.4, 0.5) is 5.69 Å². The Labute approximate surface area is 180 Å². The third-order valence-electron chi connectivity index (χ3n) is 5.26. The molecule has 0 atom stereocenters. The molecule has 4 rings (SSSR count). The van der Waals surface area contributed by atoms with E-state index < -0.39 is 5.63 Å². The summed E-state index contributed by atoms with van der Waals surface area (Å²) >= 11 is 0. The van der Waals surface area contributed by atoms with Crippen LogP contribution in [0.25, 0.3) is 22.1 Å². The highest BCUT2D eigenvalue weighted by Crippen LogP contribution is 2.32. The van der Waals surface area contributed by atoms with Gasteiger partial charge in [-0.25, -0.2) is 4.79 Å². The number of rotatable bonds is 6. The normalized spacial score (nSPS) is 10.8. The van der Waals surface area contributed by atoms with Crippen LogP contribution in [0.2, 0.25) is 0 Å². The van der Waals surface area contributed by atoms with Crippen molar-refractivity contribution in [2.24, 2.45) is 0 Å². The molecule has 0 aliphatic heterocycles. The second-order valence-electron chi connectivity index (χ2n) is 7.23.